The molecule has 0 aliphatic carbocycles. The summed E-state index contributed by atoms with van der Waals surface area (Å²) in [5.41, 5.74) is 3.31. The third-order valence-corrected chi connectivity index (χ3v) is 4.79. The van der Waals surface area contributed by atoms with Crippen LogP contribution < -0.4 is 5.32 Å². The van der Waals surface area contributed by atoms with E-state index in [-0.39, 0.29) is 5.91 Å². The summed E-state index contributed by atoms with van der Waals surface area (Å²) in [6.45, 7) is 5.39. The van der Waals surface area contributed by atoms with E-state index >= 15 is 0 Å². The fourth-order valence-electron chi connectivity index (χ4n) is 2.66. The van der Waals surface area contributed by atoms with Gasteiger partial charge in [-0.15, -0.1) is 0 Å². The molecule has 2 aromatic heterocycles. The number of hydrogen-bond acceptors (Lipinski definition) is 3. The molecule has 0 fully saturated rings. The van der Waals surface area contributed by atoms with Crippen molar-refractivity contribution in [3.8, 4) is 0 Å². The molecule has 0 aliphatic heterocycles. The number of benzene rings is 1. The van der Waals surface area contributed by atoms with Crippen LogP contribution in [0.3, 0.4) is 0 Å². The second-order valence-corrected chi connectivity index (χ2v) is 6.83. The van der Waals surface area contributed by atoms with E-state index in [0.29, 0.717) is 35.2 Å². The first-order valence-electron chi connectivity index (χ1n) is 8.18. The van der Waals surface area contributed by atoms with E-state index in [2.05, 4.69) is 15.5 Å². The van der Waals surface area contributed by atoms with Crippen molar-refractivity contribution in [1.82, 2.24) is 24.9 Å². The molecule has 0 bridgehead atoms. The largest absolute Gasteiger partial charge is 0.350 e. The van der Waals surface area contributed by atoms with E-state index in [1.165, 1.54) is 0 Å². The van der Waals surface area contributed by atoms with Gasteiger partial charge in [-0.2, -0.15) is 10.2 Å². The molecule has 0 saturated carbocycles. The zero-order chi connectivity index (χ0) is 18.7. The van der Waals surface area contributed by atoms with Gasteiger partial charge in [0.2, 0.25) is 0 Å². The monoisotopic (exact) mass is 391 g/mol. The highest BCUT2D eigenvalue weighted by molar-refractivity contribution is 6.31. The second-order valence-electron chi connectivity index (χ2n) is 6.02. The van der Waals surface area contributed by atoms with Crippen LogP contribution in [0.1, 0.15) is 27.3 Å². The van der Waals surface area contributed by atoms with Crippen molar-refractivity contribution in [2.24, 2.45) is 0 Å². The number of aromatic nitrogens is 4. The summed E-state index contributed by atoms with van der Waals surface area (Å²) in [5, 5.41) is 12.6. The molecule has 0 saturated heterocycles. The first-order chi connectivity index (χ1) is 12.4. The van der Waals surface area contributed by atoms with Crippen LogP contribution in [0.15, 0.2) is 36.7 Å². The van der Waals surface area contributed by atoms with Crippen molar-refractivity contribution >= 4 is 29.1 Å². The number of nitrogens with zero attached hydrogens (tertiary/aromatic N) is 4. The van der Waals surface area contributed by atoms with Crippen LogP contribution in [0.25, 0.3) is 0 Å². The summed E-state index contributed by atoms with van der Waals surface area (Å²) in [5.74, 6) is -0.128. The van der Waals surface area contributed by atoms with E-state index in [9.17, 15) is 4.79 Å². The minimum Gasteiger partial charge on any atom is -0.350 e. The predicted octanol–water partition coefficient (Wildman–Crippen LogP) is 3.48. The van der Waals surface area contributed by atoms with Crippen molar-refractivity contribution < 1.29 is 4.79 Å². The average molecular weight is 392 g/mol. The van der Waals surface area contributed by atoms with Crippen LogP contribution in [-0.4, -0.2) is 32.0 Å². The van der Waals surface area contributed by atoms with Crippen LogP contribution >= 0.6 is 23.2 Å². The third-order valence-electron chi connectivity index (χ3n) is 4.04. The van der Waals surface area contributed by atoms with Crippen molar-refractivity contribution in [3.05, 3.63) is 69.2 Å². The molecule has 26 heavy (non-hydrogen) atoms. The zero-order valence-electron chi connectivity index (χ0n) is 14.5. The maximum atomic E-state index is 12.4. The SMILES string of the molecule is Cc1nn(Cc2cccc(C(=O)NCCn3cc(Cl)cn3)c2)c(C)c1Cl. The van der Waals surface area contributed by atoms with Crippen LogP contribution in [-0.2, 0) is 13.1 Å². The van der Waals surface area contributed by atoms with Crippen LogP contribution in [0.2, 0.25) is 10.0 Å². The zero-order valence-corrected chi connectivity index (χ0v) is 16.1. The smallest absolute Gasteiger partial charge is 0.251 e. The molecular formula is C18H19Cl2N5O. The summed E-state index contributed by atoms with van der Waals surface area (Å²) in [4.78, 5) is 12.4. The Hall–Kier alpha value is -2.31. The summed E-state index contributed by atoms with van der Waals surface area (Å²) in [7, 11) is 0. The van der Waals surface area contributed by atoms with Gasteiger partial charge in [0, 0.05) is 18.3 Å². The number of aryl methyl sites for hydroxylation is 1. The lowest BCUT2D eigenvalue weighted by Gasteiger charge is -2.08. The lowest BCUT2D eigenvalue weighted by Crippen LogP contribution is -2.27. The van der Waals surface area contributed by atoms with E-state index < -0.39 is 0 Å². The Labute approximate surface area is 161 Å². The molecule has 6 nitrogen and oxygen atoms in total. The average Bonchev–Trinajstić information content (AvgIpc) is 3.14. The molecule has 3 rings (SSSR count). The molecule has 0 aliphatic rings. The first-order valence-corrected chi connectivity index (χ1v) is 8.94. The van der Waals surface area contributed by atoms with Gasteiger partial charge in [-0.25, -0.2) is 0 Å². The van der Waals surface area contributed by atoms with Gasteiger partial charge in [0.05, 0.1) is 40.7 Å². The highest BCUT2D eigenvalue weighted by Gasteiger charge is 2.11. The Bertz CT molecular complexity index is 932. The molecule has 136 valence electrons. The van der Waals surface area contributed by atoms with Gasteiger partial charge in [-0.1, -0.05) is 35.3 Å². The van der Waals surface area contributed by atoms with Gasteiger partial charge in [-0.05, 0) is 31.5 Å². The van der Waals surface area contributed by atoms with Gasteiger partial charge in [0.25, 0.3) is 5.91 Å². The van der Waals surface area contributed by atoms with Gasteiger partial charge >= 0.3 is 0 Å². The lowest BCUT2D eigenvalue weighted by molar-refractivity contribution is 0.0952. The van der Waals surface area contributed by atoms with Crippen molar-refractivity contribution in [2.75, 3.05) is 6.54 Å². The first kappa shape index (κ1) is 18.5. The normalized spacial score (nSPS) is 10.9. The summed E-state index contributed by atoms with van der Waals surface area (Å²) in [6, 6.07) is 7.49. The Morgan fingerprint density at radius 1 is 1.27 bits per heavy atom. The molecule has 0 spiro atoms. The fraction of sp³-hybridized carbons (Fsp3) is 0.278. The van der Waals surface area contributed by atoms with Crippen molar-refractivity contribution in [1.29, 1.82) is 0 Å². The summed E-state index contributed by atoms with van der Waals surface area (Å²) < 4.78 is 3.53. The highest BCUT2D eigenvalue weighted by atomic mass is 35.5. The number of halogens is 2. The number of nitrogens with one attached hydrogen (secondary N) is 1. The molecular weight excluding hydrogens is 373 g/mol. The molecule has 0 unspecified atom stereocenters. The molecule has 3 aromatic rings. The Balaban J connectivity index is 1.62. The van der Waals surface area contributed by atoms with Gasteiger partial charge in [0.1, 0.15) is 0 Å². The number of carbonyl (C=O) groups is 1. The van der Waals surface area contributed by atoms with Crippen LogP contribution in [0.4, 0.5) is 0 Å². The third kappa shape index (κ3) is 4.26. The van der Waals surface area contributed by atoms with E-state index in [1.807, 2.05) is 36.7 Å². The summed E-state index contributed by atoms with van der Waals surface area (Å²) in [6.07, 6.45) is 3.28. The van der Waals surface area contributed by atoms with Crippen molar-refractivity contribution in [2.45, 2.75) is 26.9 Å². The predicted molar refractivity (Wildman–Crippen MR) is 102 cm³/mol. The Morgan fingerprint density at radius 3 is 2.73 bits per heavy atom. The minimum atomic E-state index is -0.128. The number of hydrogen-bond donors (Lipinski definition) is 1. The highest BCUT2D eigenvalue weighted by Crippen LogP contribution is 2.20. The van der Waals surface area contributed by atoms with Crippen molar-refractivity contribution in [3.63, 3.8) is 0 Å². The molecule has 0 atom stereocenters. The molecule has 1 aromatic carbocycles. The molecule has 1 N–H and O–H groups in total. The van der Waals surface area contributed by atoms with E-state index in [4.69, 9.17) is 23.2 Å². The topological polar surface area (TPSA) is 64.7 Å². The quantitative estimate of drug-likeness (QED) is 0.699. The van der Waals surface area contributed by atoms with E-state index in [0.717, 1.165) is 17.0 Å². The van der Waals surface area contributed by atoms with Crippen LogP contribution in [0.5, 0.6) is 0 Å². The van der Waals surface area contributed by atoms with Gasteiger partial charge in [0.15, 0.2) is 0 Å². The summed E-state index contributed by atoms with van der Waals surface area (Å²) >= 11 is 12.0. The Kier molecular flexibility index (Phi) is 5.64. The number of rotatable bonds is 6. The number of amides is 1. The standard InChI is InChI=1S/C18H19Cl2N5O/c1-12-17(20)13(2)25(23-12)10-14-4-3-5-15(8-14)18(26)21-6-7-24-11-16(19)9-22-24/h3-5,8-9,11H,6-7,10H2,1-2H3,(H,21,26). The number of carbonyl (C=O) groups excluding carboxylic acids is 1. The van der Waals surface area contributed by atoms with Gasteiger partial charge in [-0.3, -0.25) is 14.2 Å². The fourth-order valence-corrected chi connectivity index (χ4v) is 2.95. The van der Waals surface area contributed by atoms with Crippen LogP contribution in [0, 0.1) is 13.8 Å². The lowest BCUT2D eigenvalue weighted by atomic mass is 10.1. The Morgan fingerprint density at radius 2 is 2.08 bits per heavy atom. The minimum absolute atomic E-state index is 0.128. The maximum absolute atomic E-state index is 12.4. The molecule has 1 amide bonds. The molecule has 8 heteroatoms. The van der Waals surface area contributed by atoms with Gasteiger partial charge < -0.3 is 5.32 Å². The molecule has 0 radical (unpaired) electrons. The second kappa shape index (κ2) is 7.93. The maximum Gasteiger partial charge on any atom is 0.251 e. The van der Waals surface area contributed by atoms with E-state index in [1.54, 1.807) is 23.1 Å². The molecule has 2 heterocycles.